The molecule has 0 saturated heterocycles. The molecule has 1 amide bonds. The van der Waals surface area contributed by atoms with Gasteiger partial charge in [0.1, 0.15) is 16.4 Å². The summed E-state index contributed by atoms with van der Waals surface area (Å²) in [7, 11) is 1.56. The maximum atomic E-state index is 13.9. The van der Waals surface area contributed by atoms with Gasteiger partial charge >= 0.3 is 6.09 Å². The second-order valence-electron chi connectivity index (χ2n) is 11.6. The molecule has 2 aromatic heterocycles. The number of imidazole rings is 1. The number of amides is 1. The average Bonchev–Trinajstić information content (AvgIpc) is 3.18. The van der Waals surface area contributed by atoms with Crippen molar-refractivity contribution in [2.24, 2.45) is 5.92 Å². The lowest BCUT2D eigenvalue weighted by molar-refractivity contribution is -0.0500. The third-order valence-corrected chi connectivity index (χ3v) is 7.74. The lowest BCUT2D eigenvalue weighted by Crippen LogP contribution is -2.42. The number of halogens is 2. The number of fused-ring (bicyclic) bond motifs is 1. The summed E-state index contributed by atoms with van der Waals surface area (Å²) < 4.78 is 55.4. The summed E-state index contributed by atoms with van der Waals surface area (Å²) in [5.41, 5.74) is 1.05. The van der Waals surface area contributed by atoms with Crippen molar-refractivity contribution >= 4 is 23.1 Å². The number of carbonyl (C=O) groups excluding carboxylic acids is 1. The van der Waals surface area contributed by atoms with E-state index in [0.29, 0.717) is 11.3 Å². The molecule has 0 spiro atoms. The van der Waals surface area contributed by atoms with E-state index in [-0.39, 0.29) is 44.2 Å². The molecular weight excluding hydrogens is 504 g/mol. The lowest BCUT2D eigenvalue weighted by Gasteiger charge is -2.33. The van der Waals surface area contributed by atoms with Crippen LogP contribution in [0.25, 0.3) is 5.65 Å². The van der Waals surface area contributed by atoms with E-state index < -0.39 is 39.8 Å². The molecule has 3 rings (SSSR count). The molecule has 3 atom stereocenters. The Bertz CT molecular complexity index is 1060. The Labute approximate surface area is 220 Å². The van der Waals surface area contributed by atoms with E-state index in [2.05, 4.69) is 15.1 Å². The highest BCUT2D eigenvalue weighted by Gasteiger charge is 2.40. The molecule has 1 fully saturated rings. The van der Waals surface area contributed by atoms with E-state index in [1.807, 2.05) is 26.8 Å². The maximum Gasteiger partial charge on any atom is 0.408 e. The fourth-order valence-corrected chi connectivity index (χ4v) is 5.00. The zero-order chi connectivity index (χ0) is 27.6. The van der Waals surface area contributed by atoms with Crippen LogP contribution in [0.2, 0.25) is 0 Å². The van der Waals surface area contributed by atoms with Crippen molar-refractivity contribution in [1.82, 2.24) is 24.6 Å². The number of hydrogen-bond donors (Lipinski definition) is 2. The average molecular weight is 544 g/mol. The van der Waals surface area contributed by atoms with Crippen LogP contribution in [0, 0.1) is 5.92 Å². The normalized spacial score (nSPS) is 19.4. The minimum Gasteiger partial charge on any atom is -0.598 e. The molecule has 0 aromatic carbocycles. The number of nitrogens with zero attached hydrogens (tertiary/aromatic N) is 3. The summed E-state index contributed by atoms with van der Waals surface area (Å²) in [4.78, 5) is 17.3. The van der Waals surface area contributed by atoms with Crippen molar-refractivity contribution in [2.45, 2.75) is 95.6 Å². The lowest BCUT2D eigenvalue weighted by atomic mass is 9.81. The molecule has 208 valence electrons. The molecular formula is C25H39F2N5O4S. The van der Waals surface area contributed by atoms with Crippen molar-refractivity contribution < 1.29 is 27.6 Å². The van der Waals surface area contributed by atoms with Crippen molar-refractivity contribution in [2.75, 3.05) is 13.7 Å². The second-order valence-corrected chi connectivity index (χ2v) is 13.6. The van der Waals surface area contributed by atoms with Crippen LogP contribution in [0.1, 0.15) is 90.6 Å². The molecule has 2 heterocycles. The van der Waals surface area contributed by atoms with Crippen LogP contribution in [-0.4, -0.2) is 55.2 Å². The maximum absolute atomic E-state index is 13.9. The Balaban J connectivity index is 1.90. The van der Waals surface area contributed by atoms with Gasteiger partial charge in [-0.15, -0.1) is 4.72 Å². The molecule has 0 radical (unpaired) electrons. The van der Waals surface area contributed by atoms with E-state index in [9.17, 15) is 18.1 Å². The van der Waals surface area contributed by atoms with Gasteiger partial charge in [0.15, 0.2) is 5.65 Å². The van der Waals surface area contributed by atoms with E-state index in [1.165, 1.54) is 0 Å². The predicted octanol–water partition coefficient (Wildman–Crippen LogP) is 4.86. The standard InChI is InChI=1S/C25H39F2N5O4S/c1-23(2,3)36-22(33)30-21(16-8-10-25(26,27)11-9-16)18-14-32-20(29-18)12-17(13-28-32)19(15-35-7)31-37(34)24(4,5)6/h12-14,16,19,21,31H,8-11,15H2,1-7H3,(H,30,33)/t19-,21-,37?/m0/s1. The molecule has 0 aliphatic heterocycles. The Hall–Kier alpha value is -2.02. The molecule has 1 aliphatic rings. The number of hydrogen-bond acceptors (Lipinski definition) is 7. The van der Waals surface area contributed by atoms with E-state index in [4.69, 9.17) is 14.5 Å². The van der Waals surface area contributed by atoms with Gasteiger partial charge in [0.05, 0.1) is 30.7 Å². The molecule has 37 heavy (non-hydrogen) atoms. The van der Waals surface area contributed by atoms with Gasteiger partial charge in [0, 0.05) is 31.3 Å². The monoisotopic (exact) mass is 543 g/mol. The van der Waals surface area contributed by atoms with Gasteiger partial charge in [0.25, 0.3) is 0 Å². The zero-order valence-corrected chi connectivity index (χ0v) is 23.5. The quantitative estimate of drug-likeness (QED) is 0.457. The van der Waals surface area contributed by atoms with Crippen LogP contribution in [0.5, 0.6) is 0 Å². The zero-order valence-electron chi connectivity index (χ0n) is 22.6. The van der Waals surface area contributed by atoms with Crippen molar-refractivity contribution in [3.63, 3.8) is 0 Å². The minimum absolute atomic E-state index is 0.228. The minimum atomic E-state index is -2.70. The predicted molar refractivity (Wildman–Crippen MR) is 138 cm³/mol. The summed E-state index contributed by atoms with van der Waals surface area (Å²) in [6, 6.07) is 0.809. The smallest absolute Gasteiger partial charge is 0.408 e. The van der Waals surface area contributed by atoms with Gasteiger partial charge in [-0.3, -0.25) is 0 Å². The van der Waals surface area contributed by atoms with Gasteiger partial charge in [-0.1, -0.05) is 0 Å². The number of methoxy groups -OCH3 is 1. The van der Waals surface area contributed by atoms with Gasteiger partial charge in [-0.05, 0) is 71.9 Å². The van der Waals surface area contributed by atoms with Crippen molar-refractivity contribution in [3.05, 3.63) is 29.7 Å². The topological polar surface area (TPSA) is 113 Å². The summed E-state index contributed by atoms with van der Waals surface area (Å²) in [5, 5.41) is 7.33. The highest BCUT2D eigenvalue weighted by atomic mass is 32.2. The summed E-state index contributed by atoms with van der Waals surface area (Å²) in [6.45, 7) is 11.2. The number of aromatic nitrogens is 3. The van der Waals surface area contributed by atoms with E-state index in [0.717, 1.165) is 5.56 Å². The number of alkyl halides is 2. The molecule has 2 N–H and O–H groups in total. The van der Waals surface area contributed by atoms with Crippen LogP contribution < -0.4 is 10.0 Å². The number of alkyl carbamates (subject to hydrolysis) is 1. The third kappa shape index (κ3) is 8.23. The van der Waals surface area contributed by atoms with Crippen molar-refractivity contribution in [3.8, 4) is 0 Å². The number of ether oxygens (including phenoxy) is 2. The molecule has 9 nitrogen and oxygen atoms in total. The fourth-order valence-electron chi connectivity index (χ4n) is 4.18. The molecule has 1 saturated carbocycles. The first-order valence-electron chi connectivity index (χ1n) is 12.5. The Morgan fingerprint density at radius 3 is 2.49 bits per heavy atom. The van der Waals surface area contributed by atoms with Crippen LogP contribution in [-0.2, 0) is 20.8 Å². The summed E-state index contributed by atoms with van der Waals surface area (Å²) >= 11 is -1.34. The first kappa shape index (κ1) is 29.5. The van der Waals surface area contributed by atoms with Crippen molar-refractivity contribution in [1.29, 1.82) is 0 Å². The SMILES string of the molecule is COC[C@H](N[S+]([O-])C(C)(C)C)c1cnn2cc([C@@H](NC(=O)OC(C)(C)C)C3CCC(F)(F)CC3)nc2c1. The number of carbonyl (C=O) groups is 1. The Morgan fingerprint density at radius 1 is 1.27 bits per heavy atom. The van der Waals surface area contributed by atoms with Crippen LogP contribution in [0.15, 0.2) is 18.5 Å². The third-order valence-electron chi connectivity index (χ3n) is 6.13. The number of rotatable bonds is 8. The van der Waals surface area contributed by atoms with Gasteiger partial charge < -0.3 is 19.3 Å². The largest absolute Gasteiger partial charge is 0.598 e. The summed E-state index contributed by atoms with van der Waals surface area (Å²) in [6.07, 6.45) is 2.72. The first-order valence-corrected chi connectivity index (χ1v) is 13.6. The first-order chi connectivity index (χ1) is 17.1. The Kier molecular flexibility index (Phi) is 9.09. The van der Waals surface area contributed by atoms with Gasteiger partial charge in [-0.2, -0.15) is 5.10 Å². The van der Waals surface area contributed by atoms with Crippen LogP contribution in [0.4, 0.5) is 13.6 Å². The van der Waals surface area contributed by atoms with Gasteiger partial charge in [0.2, 0.25) is 5.92 Å². The summed E-state index contributed by atoms with van der Waals surface area (Å²) in [5.74, 6) is -2.92. The fraction of sp³-hybridized carbons (Fsp3) is 0.720. The van der Waals surface area contributed by atoms with Gasteiger partial charge in [-0.25, -0.2) is 23.1 Å². The molecule has 0 bridgehead atoms. The molecule has 2 aromatic rings. The highest BCUT2D eigenvalue weighted by molar-refractivity contribution is 7.90. The van der Waals surface area contributed by atoms with Crippen LogP contribution in [0.3, 0.4) is 0 Å². The Morgan fingerprint density at radius 2 is 1.92 bits per heavy atom. The highest BCUT2D eigenvalue weighted by Crippen LogP contribution is 2.41. The molecule has 12 heteroatoms. The second kappa shape index (κ2) is 11.4. The molecule has 1 aliphatic carbocycles. The van der Waals surface area contributed by atoms with Crippen LogP contribution >= 0.6 is 0 Å². The number of nitrogens with one attached hydrogen (secondary N) is 2. The van der Waals surface area contributed by atoms with E-state index in [1.54, 1.807) is 44.8 Å². The van der Waals surface area contributed by atoms with E-state index >= 15 is 0 Å². The molecule has 1 unspecified atom stereocenters.